The molecule has 1 aromatic heterocycles. The van der Waals surface area contributed by atoms with Crippen molar-refractivity contribution in [3.05, 3.63) is 52.4 Å². The van der Waals surface area contributed by atoms with Crippen LogP contribution in [0, 0.1) is 0 Å². The first kappa shape index (κ1) is 11.3. The number of pyridine rings is 1. The van der Waals surface area contributed by atoms with E-state index in [0.717, 1.165) is 22.4 Å². The molecule has 1 aromatic carbocycles. The zero-order valence-corrected chi connectivity index (χ0v) is 9.87. The fourth-order valence-corrected chi connectivity index (χ4v) is 1.88. The summed E-state index contributed by atoms with van der Waals surface area (Å²) in [5, 5.41) is 20.8. The van der Waals surface area contributed by atoms with Gasteiger partial charge in [-0.25, -0.2) is 0 Å². The summed E-state index contributed by atoms with van der Waals surface area (Å²) in [5.41, 5.74) is 2.83. The molecule has 0 bridgehead atoms. The van der Waals surface area contributed by atoms with Gasteiger partial charge in [-0.1, -0.05) is 18.2 Å². The van der Waals surface area contributed by atoms with Crippen molar-refractivity contribution < 1.29 is 5.11 Å². The SMILES string of the molecule is O=c1[nH]cc(-c2cccc(C3=NN=NC3)c2)cc1O. The molecule has 94 valence electrons. The molecule has 6 heteroatoms. The van der Waals surface area contributed by atoms with Gasteiger partial charge in [0.2, 0.25) is 0 Å². The topological polar surface area (TPSA) is 90.2 Å². The number of nitrogens with zero attached hydrogens (tertiary/aromatic N) is 3. The molecule has 0 radical (unpaired) electrons. The van der Waals surface area contributed by atoms with Crippen LogP contribution in [-0.4, -0.2) is 22.3 Å². The largest absolute Gasteiger partial charge is 0.503 e. The smallest absolute Gasteiger partial charge is 0.290 e. The first-order valence-corrected chi connectivity index (χ1v) is 5.70. The van der Waals surface area contributed by atoms with E-state index in [0.29, 0.717) is 6.54 Å². The Bertz CT molecular complexity index is 746. The van der Waals surface area contributed by atoms with Gasteiger partial charge in [0.25, 0.3) is 5.56 Å². The second-order valence-corrected chi connectivity index (χ2v) is 4.12. The van der Waals surface area contributed by atoms with Crippen LogP contribution < -0.4 is 5.56 Å². The standard InChI is InChI=1S/C13H10N4O2/c18-12-5-10(6-14-13(12)19)8-2-1-3-9(4-8)11-7-15-17-16-11/h1-6,18H,7H2,(H,14,19). The van der Waals surface area contributed by atoms with Crippen molar-refractivity contribution in [2.24, 2.45) is 15.4 Å². The predicted molar refractivity (Wildman–Crippen MR) is 70.4 cm³/mol. The van der Waals surface area contributed by atoms with Crippen molar-refractivity contribution in [1.29, 1.82) is 0 Å². The normalized spacial score (nSPS) is 13.6. The number of aromatic hydroxyl groups is 1. The van der Waals surface area contributed by atoms with E-state index >= 15 is 0 Å². The molecule has 1 aliphatic rings. The minimum Gasteiger partial charge on any atom is -0.503 e. The van der Waals surface area contributed by atoms with Gasteiger partial charge in [0.05, 0.1) is 5.71 Å². The highest BCUT2D eigenvalue weighted by atomic mass is 16.3. The molecule has 0 saturated carbocycles. The molecular weight excluding hydrogens is 244 g/mol. The van der Waals surface area contributed by atoms with Gasteiger partial charge in [-0.2, -0.15) is 5.11 Å². The molecule has 0 spiro atoms. The number of benzene rings is 1. The Kier molecular flexibility index (Phi) is 2.68. The van der Waals surface area contributed by atoms with Gasteiger partial charge in [0, 0.05) is 17.3 Å². The summed E-state index contributed by atoms with van der Waals surface area (Å²) < 4.78 is 0. The quantitative estimate of drug-likeness (QED) is 0.857. The van der Waals surface area contributed by atoms with E-state index in [1.165, 1.54) is 6.07 Å². The van der Waals surface area contributed by atoms with Crippen molar-refractivity contribution in [2.45, 2.75) is 0 Å². The summed E-state index contributed by atoms with van der Waals surface area (Å²) in [6.45, 7) is 0.473. The summed E-state index contributed by atoms with van der Waals surface area (Å²) in [5.74, 6) is -0.300. The maximum Gasteiger partial charge on any atom is 0.290 e. The Hall–Kier alpha value is -2.76. The van der Waals surface area contributed by atoms with Gasteiger partial charge in [0.1, 0.15) is 6.54 Å². The van der Waals surface area contributed by atoms with Gasteiger partial charge in [-0.3, -0.25) is 4.79 Å². The highest BCUT2D eigenvalue weighted by molar-refractivity contribution is 6.03. The third-order valence-corrected chi connectivity index (χ3v) is 2.86. The second-order valence-electron chi connectivity index (χ2n) is 4.12. The molecule has 0 saturated heterocycles. The molecule has 0 atom stereocenters. The van der Waals surface area contributed by atoms with Crippen molar-refractivity contribution >= 4 is 5.71 Å². The Morgan fingerprint density at radius 3 is 2.74 bits per heavy atom. The molecular formula is C13H10N4O2. The number of aromatic amines is 1. The zero-order chi connectivity index (χ0) is 13.2. The zero-order valence-electron chi connectivity index (χ0n) is 9.87. The Morgan fingerprint density at radius 1 is 1.16 bits per heavy atom. The lowest BCUT2D eigenvalue weighted by atomic mass is 10.0. The van der Waals surface area contributed by atoms with Crippen molar-refractivity contribution in [2.75, 3.05) is 6.54 Å². The Balaban J connectivity index is 2.03. The molecule has 0 fully saturated rings. The minimum atomic E-state index is -0.502. The van der Waals surface area contributed by atoms with Crippen LogP contribution in [0.2, 0.25) is 0 Å². The number of hydrogen-bond donors (Lipinski definition) is 2. The van der Waals surface area contributed by atoms with Crippen LogP contribution in [0.15, 0.2) is 56.8 Å². The molecule has 19 heavy (non-hydrogen) atoms. The van der Waals surface area contributed by atoms with Gasteiger partial charge < -0.3 is 10.1 Å². The van der Waals surface area contributed by atoms with E-state index in [2.05, 4.69) is 20.4 Å². The molecule has 0 unspecified atom stereocenters. The summed E-state index contributed by atoms with van der Waals surface area (Å²) in [6, 6.07) is 9.05. The monoisotopic (exact) mass is 254 g/mol. The number of aromatic nitrogens is 1. The van der Waals surface area contributed by atoms with Crippen LogP contribution >= 0.6 is 0 Å². The lowest BCUT2D eigenvalue weighted by molar-refractivity contribution is 0.467. The number of nitrogens with one attached hydrogen (secondary N) is 1. The van der Waals surface area contributed by atoms with E-state index in [4.69, 9.17) is 0 Å². The van der Waals surface area contributed by atoms with Crippen molar-refractivity contribution in [1.82, 2.24) is 4.98 Å². The van der Waals surface area contributed by atoms with Gasteiger partial charge in [-0.05, 0) is 22.9 Å². The third-order valence-electron chi connectivity index (χ3n) is 2.86. The van der Waals surface area contributed by atoms with Crippen molar-refractivity contribution in [3.8, 4) is 16.9 Å². The van der Waals surface area contributed by atoms with Crippen LogP contribution in [0.4, 0.5) is 0 Å². The van der Waals surface area contributed by atoms with Gasteiger partial charge in [0.15, 0.2) is 5.75 Å². The van der Waals surface area contributed by atoms with E-state index in [-0.39, 0.29) is 5.75 Å². The predicted octanol–water partition coefficient (Wildman–Crippen LogP) is 1.92. The van der Waals surface area contributed by atoms with E-state index in [9.17, 15) is 9.90 Å². The molecule has 0 amide bonds. The number of hydrogen-bond acceptors (Lipinski definition) is 5. The average Bonchev–Trinajstić information content (AvgIpc) is 2.96. The average molecular weight is 254 g/mol. The highest BCUT2D eigenvalue weighted by Gasteiger charge is 2.09. The van der Waals surface area contributed by atoms with Crippen LogP contribution in [0.25, 0.3) is 11.1 Å². The summed E-state index contributed by atoms with van der Waals surface area (Å²) >= 11 is 0. The minimum absolute atomic E-state index is 0.300. The van der Waals surface area contributed by atoms with Gasteiger partial charge in [-0.15, -0.1) is 5.10 Å². The first-order valence-electron chi connectivity index (χ1n) is 5.70. The molecule has 2 aromatic rings. The van der Waals surface area contributed by atoms with Crippen LogP contribution in [0.5, 0.6) is 5.75 Å². The molecule has 0 aliphatic carbocycles. The second kappa shape index (κ2) is 4.49. The third kappa shape index (κ3) is 2.15. The molecule has 2 heterocycles. The lowest BCUT2D eigenvalue weighted by Gasteiger charge is -2.05. The Labute approximate surface area is 108 Å². The van der Waals surface area contributed by atoms with Gasteiger partial charge >= 0.3 is 0 Å². The van der Waals surface area contributed by atoms with Crippen molar-refractivity contribution in [3.63, 3.8) is 0 Å². The highest BCUT2D eigenvalue weighted by Crippen LogP contribution is 2.22. The molecule has 1 aliphatic heterocycles. The first-order chi connectivity index (χ1) is 9.24. The number of H-pyrrole nitrogens is 1. The fraction of sp³-hybridized carbons (Fsp3) is 0.0769. The van der Waals surface area contributed by atoms with E-state index < -0.39 is 5.56 Å². The van der Waals surface area contributed by atoms with E-state index in [1.54, 1.807) is 6.20 Å². The Morgan fingerprint density at radius 2 is 2.00 bits per heavy atom. The maximum atomic E-state index is 11.1. The van der Waals surface area contributed by atoms with Crippen LogP contribution in [-0.2, 0) is 0 Å². The summed E-state index contributed by atoms with van der Waals surface area (Å²) in [7, 11) is 0. The number of rotatable bonds is 2. The van der Waals surface area contributed by atoms with E-state index in [1.807, 2.05) is 24.3 Å². The summed E-state index contributed by atoms with van der Waals surface area (Å²) in [4.78, 5) is 13.6. The molecule has 3 rings (SSSR count). The molecule has 2 N–H and O–H groups in total. The molecule has 6 nitrogen and oxygen atoms in total. The lowest BCUT2D eigenvalue weighted by Crippen LogP contribution is -2.04. The van der Waals surface area contributed by atoms with Crippen LogP contribution in [0.3, 0.4) is 0 Å². The maximum absolute atomic E-state index is 11.1. The fourth-order valence-electron chi connectivity index (χ4n) is 1.88. The van der Waals surface area contributed by atoms with Crippen LogP contribution in [0.1, 0.15) is 5.56 Å². The summed E-state index contributed by atoms with van der Waals surface area (Å²) in [6.07, 6.45) is 1.56.